The van der Waals surface area contributed by atoms with E-state index in [1.165, 1.54) is 44.1 Å². The van der Waals surface area contributed by atoms with Crippen LogP contribution in [0.2, 0.25) is 0 Å². The number of nitrogens with one attached hydrogen (secondary N) is 2. The van der Waals surface area contributed by atoms with Crippen molar-refractivity contribution in [2.75, 3.05) is 13.1 Å². The molecule has 1 aliphatic heterocycles. The van der Waals surface area contributed by atoms with E-state index in [0.717, 1.165) is 43.8 Å². The van der Waals surface area contributed by atoms with Gasteiger partial charge in [-0.25, -0.2) is 0 Å². The lowest BCUT2D eigenvalue weighted by molar-refractivity contribution is 0.0927. The van der Waals surface area contributed by atoms with E-state index >= 15 is 0 Å². The number of hydrogen-bond donors (Lipinski definition) is 2. The molecule has 0 aromatic heterocycles. The Labute approximate surface area is 140 Å². The first-order chi connectivity index (χ1) is 11.3. The largest absolute Gasteiger partial charge is 0.349 e. The Kier molecular flexibility index (Phi) is 6.09. The molecule has 1 heterocycles. The van der Waals surface area contributed by atoms with Gasteiger partial charge in [0.15, 0.2) is 0 Å². The maximum absolute atomic E-state index is 12.5. The van der Waals surface area contributed by atoms with E-state index < -0.39 is 0 Å². The van der Waals surface area contributed by atoms with Crippen LogP contribution in [0.1, 0.15) is 67.3 Å². The number of rotatable bonds is 5. The van der Waals surface area contributed by atoms with Gasteiger partial charge in [0.05, 0.1) is 0 Å². The fourth-order valence-electron chi connectivity index (χ4n) is 3.92. The fraction of sp³-hybridized carbons (Fsp3) is 0.650. The van der Waals surface area contributed by atoms with Crippen molar-refractivity contribution in [2.24, 2.45) is 5.92 Å². The van der Waals surface area contributed by atoms with E-state index in [9.17, 15) is 4.79 Å². The summed E-state index contributed by atoms with van der Waals surface area (Å²) < 4.78 is 0. The van der Waals surface area contributed by atoms with Gasteiger partial charge in [0.1, 0.15) is 0 Å². The summed E-state index contributed by atoms with van der Waals surface area (Å²) >= 11 is 0. The second-order valence-electron chi connectivity index (χ2n) is 7.24. The Morgan fingerprint density at radius 1 is 1.09 bits per heavy atom. The van der Waals surface area contributed by atoms with Crippen LogP contribution >= 0.6 is 0 Å². The molecule has 23 heavy (non-hydrogen) atoms. The highest BCUT2D eigenvalue weighted by molar-refractivity contribution is 5.94. The van der Waals surface area contributed by atoms with Crippen molar-refractivity contribution >= 4 is 5.91 Å². The van der Waals surface area contributed by atoms with Crippen molar-refractivity contribution in [1.82, 2.24) is 10.6 Å². The number of carbonyl (C=O) groups is 1. The molecule has 126 valence electrons. The molecule has 1 aromatic carbocycles. The summed E-state index contributed by atoms with van der Waals surface area (Å²) in [6.07, 6.45) is 11.0. The van der Waals surface area contributed by atoms with Crippen LogP contribution in [0.3, 0.4) is 0 Å². The van der Waals surface area contributed by atoms with Gasteiger partial charge in [0, 0.05) is 11.6 Å². The van der Waals surface area contributed by atoms with Crippen LogP contribution in [0.25, 0.3) is 0 Å². The monoisotopic (exact) mass is 314 g/mol. The zero-order valence-electron chi connectivity index (χ0n) is 14.2. The van der Waals surface area contributed by atoms with Gasteiger partial charge in [-0.05, 0) is 75.2 Å². The molecular weight excluding hydrogens is 284 g/mol. The van der Waals surface area contributed by atoms with Crippen molar-refractivity contribution in [3.63, 3.8) is 0 Å². The molecule has 3 heteroatoms. The smallest absolute Gasteiger partial charge is 0.251 e. The van der Waals surface area contributed by atoms with Gasteiger partial charge in [0.2, 0.25) is 0 Å². The minimum absolute atomic E-state index is 0.112. The van der Waals surface area contributed by atoms with E-state index in [2.05, 4.69) is 22.8 Å². The third-order valence-electron chi connectivity index (χ3n) is 5.43. The average Bonchev–Trinajstić information content (AvgIpc) is 2.62. The lowest BCUT2D eigenvalue weighted by Crippen LogP contribution is -2.36. The lowest BCUT2D eigenvalue weighted by atomic mass is 9.91. The number of aryl methyl sites for hydroxylation is 1. The van der Waals surface area contributed by atoms with Crippen LogP contribution in [0.15, 0.2) is 24.3 Å². The van der Waals surface area contributed by atoms with Gasteiger partial charge in [-0.3, -0.25) is 4.79 Å². The topological polar surface area (TPSA) is 41.1 Å². The minimum Gasteiger partial charge on any atom is -0.349 e. The van der Waals surface area contributed by atoms with Crippen LogP contribution in [0.5, 0.6) is 0 Å². The molecule has 0 spiro atoms. The standard InChI is InChI=1S/C20H30N2O/c23-20(22-19-7-2-1-3-8-19)18-6-4-5-17(15-18)10-9-16-11-13-21-14-12-16/h4-6,15-16,19,21H,1-3,7-14H2,(H,22,23). The van der Waals surface area contributed by atoms with E-state index in [-0.39, 0.29) is 5.91 Å². The minimum atomic E-state index is 0.112. The summed E-state index contributed by atoms with van der Waals surface area (Å²) in [5.74, 6) is 0.955. The Morgan fingerprint density at radius 3 is 2.65 bits per heavy atom. The maximum atomic E-state index is 12.5. The van der Waals surface area contributed by atoms with Crippen LogP contribution in [0, 0.1) is 5.92 Å². The lowest BCUT2D eigenvalue weighted by Gasteiger charge is -2.23. The number of benzene rings is 1. The zero-order valence-corrected chi connectivity index (χ0v) is 14.2. The van der Waals surface area contributed by atoms with Gasteiger partial charge in [-0.2, -0.15) is 0 Å². The molecule has 2 aliphatic rings. The molecule has 0 radical (unpaired) electrons. The highest BCUT2D eigenvalue weighted by Gasteiger charge is 2.17. The van der Waals surface area contributed by atoms with E-state index in [1.807, 2.05) is 12.1 Å². The predicted octanol–water partition coefficient (Wildman–Crippen LogP) is 3.68. The second-order valence-corrected chi connectivity index (χ2v) is 7.24. The predicted molar refractivity (Wildman–Crippen MR) is 94.7 cm³/mol. The molecule has 0 atom stereocenters. The third kappa shape index (κ3) is 5.07. The van der Waals surface area contributed by atoms with Gasteiger partial charge in [-0.1, -0.05) is 31.4 Å². The first-order valence-electron chi connectivity index (χ1n) is 9.42. The van der Waals surface area contributed by atoms with Crippen molar-refractivity contribution in [3.8, 4) is 0 Å². The van der Waals surface area contributed by atoms with Crippen LogP contribution in [-0.2, 0) is 6.42 Å². The van der Waals surface area contributed by atoms with Crippen molar-refractivity contribution < 1.29 is 4.79 Å². The summed E-state index contributed by atoms with van der Waals surface area (Å²) in [6, 6.07) is 8.63. The Balaban J connectivity index is 1.52. The molecule has 1 aliphatic carbocycles. The molecule has 1 amide bonds. The first-order valence-corrected chi connectivity index (χ1v) is 9.42. The maximum Gasteiger partial charge on any atom is 0.251 e. The Hall–Kier alpha value is -1.35. The summed E-state index contributed by atoms with van der Waals surface area (Å²) in [5, 5.41) is 6.64. The third-order valence-corrected chi connectivity index (χ3v) is 5.43. The Bertz CT molecular complexity index is 502. The van der Waals surface area contributed by atoms with E-state index in [0.29, 0.717) is 6.04 Å². The van der Waals surface area contributed by atoms with Gasteiger partial charge in [0.25, 0.3) is 5.91 Å². The van der Waals surface area contributed by atoms with Crippen molar-refractivity contribution in [1.29, 1.82) is 0 Å². The number of hydrogen-bond acceptors (Lipinski definition) is 2. The Morgan fingerprint density at radius 2 is 1.87 bits per heavy atom. The number of piperidine rings is 1. The quantitative estimate of drug-likeness (QED) is 0.870. The van der Waals surface area contributed by atoms with Crippen molar-refractivity contribution in [2.45, 2.75) is 63.8 Å². The zero-order chi connectivity index (χ0) is 15.9. The molecule has 2 fully saturated rings. The van der Waals surface area contributed by atoms with Gasteiger partial charge in [-0.15, -0.1) is 0 Å². The van der Waals surface area contributed by atoms with Crippen LogP contribution in [0.4, 0.5) is 0 Å². The van der Waals surface area contributed by atoms with Gasteiger partial charge >= 0.3 is 0 Å². The summed E-state index contributed by atoms with van der Waals surface area (Å²) in [7, 11) is 0. The van der Waals surface area contributed by atoms with E-state index in [1.54, 1.807) is 0 Å². The molecule has 3 rings (SSSR count). The number of amides is 1. The highest BCUT2D eigenvalue weighted by Crippen LogP contribution is 2.20. The molecular formula is C20H30N2O. The molecule has 2 N–H and O–H groups in total. The first kappa shape index (κ1) is 16.5. The average molecular weight is 314 g/mol. The number of carbonyl (C=O) groups excluding carboxylic acids is 1. The second kappa shape index (κ2) is 8.49. The SMILES string of the molecule is O=C(NC1CCCCC1)c1cccc(CCC2CCNCC2)c1. The molecule has 1 aromatic rings. The highest BCUT2D eigenvalue weighted by atomic mass is 16.1. The van der Waals surface area contributed by atoms with Crippen LogP contribution in [-0.4, -0.2) is 25.0 Å². The normalized spacial score (nSPS) is 20.3. The van der Waals surface area contributed by atoms with Crippen LogP contribution < -0.4 is 10.6 Å². The van der Waals surface area contributed by atoms with E-state index in [4.69, 9.17) is 0 Å². The fourth-order valence-corrected chi connectivity index (χ4v) is 3.92. The molecule has 0 unspecified atom stereocenters. The summed E-state index contributed by atoms with van der Waals surface area (Å²) in [5.41, 5.74) is 2.14. The van der Waals surface area contributed by atoms with Gasteiger partial charge < -0.3 is 10.6 Å². The summed E-state index contributed by atoms with van der Waals surface area (Å²) in [6.45, 7) is 2.32. The molecule has 3 nitrogen and oxygen atoms in total. The molecule has 0 bridgehead atoms. The molecule has 1 saturated carbocycles. The molecule has 1 saturated heterocycles. The summed E-state index contributed by atoms with van der Waals surface area (Å²) in [4.78, 5) is 12.5. The van der Waals surface area contributed by atoms with Crippen molar-refractivity contribution in [3.05, 3.63) is 35.4 Å².